The molecule has 0 fully saturated rings. The molecule has 116 valence electrons. The Labute approximate surface area is 133 Å². The van der Waals surface area contributed by atoms with Gasteiger partial charge >= 0.3 is 0 Å². The molecule has 1 heterocycles. The highest BCUT2D eigenvalue weighted by molar-refractivity contribution is 6.20. The van der Waals surface area contributed by atoms with Crippen LogP contribution in [0.3, 0.4) is 0 Å². The van der Waals surface area contributed by atoms with Crippen LogP contribution in [0.5, 0.6) is 0 Å². The van der Waals surface area contributed by atoms with E-state index in [9.17, 15) is 14.0 Å². The minimum atomic E-state index is -0.655. The zero-order chi connectivity index (χ0) is 16.6. The number of carbonyl (C=O) groups excluding carboxylic acids is 2. The number of hydrogen-bond donors (Lipinski definition) is 1. The number of carbonyl (C=O) groups is 2. The summed E-state index contributed by atoms with van der Waals surface area (Å²) in [6.45, 7) is 3.10. The van der Waals surface area contributed by atoms with E-state index in [1.165, 1.54) is 13.0 Å². The van der Waals surface area contributed by atoms with Gasteiger partial charge < -0.3 is 5.32 Å². The van der Waals surface area contributed by atoms with Crippen LogP contribution in [0.15, 0.2) is 47.5 Å². The van der Waals surface area contributed by atoms with Crippen LogP contribution in [0.2, 0.25) is 0 Å². The number of nitrogens with one attached hydrogen (secondary N) is 1. The van der Waals surface area contributed by atoms with Gasteiger partial charge in [0.2, 0.25) is 5.91 Å². The van der Waals surface area contributed by atoms with Crippen molar-refractivity contribution in [1.82, 2.24) is 0 Å². The van der Waals surface area contributed by atoms with E-state index < -0.39 is 11.9 Å². The number of halogens is 1. The van der Waals surface area contributed by atoms with Crippen LogP contribution in [0, 0.1) is 5.82 Å². The SMILES string of the molecule is CC(=O)c1ccc2c(c1)C(c1ccccc1F)=NC(C)C(=O)N2. The first kappa shape index (κ1) is 15.1. The van der Waals surface area contributed by atoms with E-state index in [0.29, 0.717) is 28.1 Å². The number of aliphatic imine (C=N–C) groups is 1. The molecule has 2 aromatic carbocycles. The van der Waals surface area contributed by atoms with E-state index in [1.807, 2.05) is 0 Å². The first-order chi connectivity index (χ1) is 11.0. The van der Waals surface area contributed by atoms with E-state index in [1.54, 1.807) is 43.3 Å². The van der Waals surface area contributed by atoms with Crippen molar-refractivity contribution in [2.75, 3.05) is 5.32 Å². The number of hydrogen-bond acceptors (Lipinski definition) is 3. The predicted octanol–water partition coefficient (Wildman–Crippen LogP) is 3.21. The lowest BCUT2D eigenvalue weighted by molar-refractivity contribution is -0.116. The second kappa shape index (κ2) is 5.76. The Bertz CT molecular complexity index is 843. The third kappa shape index (κ3) is 2.77. The molecule has 4 nitrogen and oxygen atoms in total. The Morgan fingerprint density at radius 3 is 2.61 bits per heavy atom. The van der Waals surface area contributed by atoms with Crippen LogP contribution >= 0.6 is 0 Å². The summed E-state index contributed by atoms with van der Waals surface area (Å²) in [5, 5.41) is 2.77. The molecule has 2 aromatic rings. The smallest absolute Gasteiger partial charge is 0.248 e. The van der Waals surface area contributed by atoms with Gasteiger partial charge in [0, 0.05) is 16.7 Å². The Hall–Kier alpha value is -2.82. The zero-order valence-electron chi connectivity index (χ0n) is 12.8. The third-order valence-electron chi connectivity index (χ3n) is 3.77. The summed E-state index contributed by atoms with van der Waals surface area (Å²) in [5.41, 5.74) is 2.22. The van der Waals surface area contributed by atoms with Crippen molar-refractivity contribution in [1.29, 1.82) is 0 Å². The van der Waals surface area contributed by atoms with Gasteiger partial charge in [0.25, 0.3) is 0 Å². The van der Waals surface area contributed by atoms with Crippen LogP contribution in [0.4, 0.5) is 10.1 Å². The minimum Gasteiger partial charge on any atom is -0.324 e. The normalized spacial score (nSPS) is 16.9. The maximum atomic E-state index is 14.2. The molecule has 1 atom stereocenters. The molecule has 0 saturated carbocycles. The lowest BCUT2D eigenvalue weighted by Crippen LogP contribution is -2.22. The fourth-order valence-corrected chi connectivity index (χ4v) is 2.50. The van der Waals surface area contributed by atoms with Crippen molar-refractivity contribution in [2.24, 2.45) is 4.99 Å². The van der Waals surface area contributed by atoms with Crippen LogP contribution in [-0.2, 0) is 4.79 Å². The summed E-state index contributed by atoms with van der Waals surface area (Å²) in [4.78, 5) is 28.1. The highest BCUT2D eigenvalue weighted by atomic mass is 19.1. The van der Waals surface area contributed by atoms with Crippen molar-refractivity contribution in [3.05, 3.63) is 65.0 Å². The third-order valence-corrected chi connectivity index (χ3v) is 3.77. The fraction of sp³-hybridized carbons (Fsp3) is 0.167. The molecule has 1 aliphatic heterocycles. The number of amides is 1. The Balaban J connectivity index is 2.27. The average Bonchev–Trinajstić information content (AvgIpc) is 2.64. The molecule has 0 bridgehead atoms. The van der Waals surface area contributed by atoms with Crippen molar-refractivity contribution in [3.8, 4) is 0 Å². The summed E-state index contributed by atoms with van der Waals surface area (Å²) < 4.78 is 14.2. The molecule has 1 unspecified atom stereocenters. The topological polar surface area (TPSA) is 58.5 Å². The standard InChI is InChI=1S/C18H15FN2O2/c1-10-18(23)21-16-8-7-12(11(2)22)9-14(16)17(20-10)13-5-3-4-6-15(13)19/h3-10H,1-2H3,(H,21,23). The van der Waals surface area contributed by atoms with E-state index in [4.69, 9.17) is 0 Å². The van der Waals surface area contributed by atoms with Gasteiger partial charge in [-0.1, -0.05) is 12.1 Å². The molecule has 0 aliphatic carbocycles. The zero-order valence-corrected chi connectivity index (χ0v) is 12.8. The number of rotatable bonds is 2. The second-order valence-electron chi connectivity index (χ2n) is 5.44. The van der Waals surface area contributed by atoms with E-state index in [-0.39, 0.29) is 11.7 Å². The average molecular weight is 310 g/mol. The summed E-state index contributed by atoms with van der Waals surface area (Å²) in [5.74, 6) is -0.801. The molecule has 1 aliphatic rings. The quantitative estimate of drug-likeness (QED) is 0.866. The van der Waals surface area contributed by atoms with Gasteiger partial charge in [-0.15, -0.1) is 0 Å². The van der Waals surface area contributed by atoms with Gasteiger partial charge in [0.1, 0.15) is 11.9 Å². The summed E-state index contributed by atoms with van der Waals surface area (Å²) in [7, 11) is 0. The molecule has 0 radical (unpaired) electrons. The molecule has 0 saturated heterocycles. The monoisotopic (exact) mass is 310 g/mol. The lowest BCUT2D eigenvalue weighted by Gasteiger charge is -2.12. The largest absolute Gasteiger partial charge is 0.324 e. The van der Waals surface area contributed by atoms with Gasteiger partial charge in [0.05, 0.1) is 11.4 Å². The maximum Gasteiger partial charge on any atom is 0.248 e. The highest BCUT2D eigenvalue weighted by Gasteiger charge is 2.24. The Kier molecular flexibility index (Phi) is 3.78. The van der Waals surface area contributed by atoms with Gasteiger partial charge in [-0.05, 0) is 44.2 Å². The second-order valence-corrected chi connectivity index (χ2v) is 5.44. The van der Waals surface area contributed by atoms with E-state index in [2.05, 4.69) is 10.3 Å². The van der Waals surface area contributed by atoms with Gasteiger partial charge in [-0.2, -0.15) is 0 Å². The molecule has 0 spiro atoms. The number of benzene rings is 2. The van der Waals surface area contributed by atoms with Crippen molar-refractivity contribution >= 4 is 23.1 Å². The van der Waals surface area contributed by atoms with Gasteiger partial charge in [0.15, 0.2) is 5.78 Å². The van der Waals surface area contributed by atoms with Crippen LogP contribution in [0.25, 0.3) is 0 Å². The lowest BCUT2D eigenvalue weighted by atomic mass is 9.97. The number of ketones is 1. The molecular formula is C18H15FN2O2. The Morgan fingerprint density at radius 1 is 1.17 bits per heavy atom. The van der Waals surface area contributed by atoms with E-state index >= 15 is 0 Å². The van der Waals surface area contributed by atoms with Crippen LogP contribution in [-0.4, -0.2) is 23.4 Å². The van der Waals surface area contributed by atoms with Crippen LogP contribution < -0.4 is 5.32 Å². The molecule has 23 heavy (non-hydrogen) atoms. The molecule has 3 rings (SSSR count). The predicted molar refractivity (Wildman–Crippen MR) is 86.6 cm³/mol. The fourth-order valence-electron chi connectivity index (χ4n) is 2.50. The molecular weight excluding hydrogens is 295 g/mol. The molecule has 5 heteroatoms. The van der Waals surface area contributed by atoms with E-state index in [0.717, 1.165) is 0 Å². The number of benzodiazepines with no additional fused rings is 1. The van der Waals surface area contributed by atoms with Gasteiger partial charge in [-0.3, -0.25) is 14.6 Å². The van der Waals surface area contributed by atoms with Crippen molar-refractivity contribution in [3.63, 3.8) is 0 Å². The number of nitrogens with zero attached hydrogens (tertiary/aromatic N) is 1. The first-order valence-electron chi connectivity index (χ1n) is 7.26. The van der Waals surface area contributed by atoms with Crippen molar-refractivity contribution in [2.45, 2.75) is 19.9 Å². The molecule has 1 amide bonds. The first-order valence-corrected chi connectivity index (χ1v) is 7.26. The van der Waals surface area contributed by atoms with Crippen molar-refractivity contribution < 1.29 is 14.0 Å². The molecule has 1 N–H and O–H groups in total. The number of anilines is 1. The number of fused-ring (bicyclic) bond motifs is 1. The Morgan fingerprint density at radius 2 is 1.91 bits per heavy atom. The maximum absolute atomic E-state index is 14.2. The summed E-state index contributed by atoms with van der Waals surface area (Å²) in [6.07, 6.45) is 0. The minimum absolute atomic E-state index is 0.107. The highest BCUT2D eigenvalue weighted by Crippen LogP contribution is 2.26. The summed E-state index contributed by atoms with van der Waals surface area (Å²) in [6, 6.07) is 10.5. The van der Waals surface area contributed by atoms with Gasteiger partial charge in [-0.25, -0.2) is 4.39 Å². The summed E-state index contributed by atoms with van der Waals surface area (Å²) >= 11 is 0. The molecule has 0 aromatic heterocycles. The number of Topliss-reactive ketones (excluding diaryl/α,β-unsaturated/α-hetero) is 1. The van der Waals surface area contributed by atoms with Crippen LogP contribution in [0.1, 0.15) is 35.3 Å².